The molecule has 4 N–H and O–H groups in total. The van der Waals surface area contributed by atoms with Crippen LogP contribution in [0.5, 0.6) is 0 Å². The van der Waals surface area contributed by atoms with Gasteiger partial charge in [-0.25, -0.2) is 9.78 Å². The molecule has 0 fully saturated rings. The molecule has 2 heterocycles. The molecule has 0 radical (unpaired) electrons. The summed E-state index contributed by atoms with van der Waals surface area (Å²) in [6.07, 6.45) is 0.604. The normalized spacial score (nSPS) is 12.3. The van der Waals surface area contributed by atoms with E-state index in [9.17, 15) is 9.90 Å². The van der Waals surface area contributed by atoms with Crippen molar-refractivity contribution >= 4 is 17.1 Å². The fourth-order valence-corrected chi connectivity index (χ4v) is 2.31. The van der Waals surface area contributed by atoms with Crippen molar-refractivity contribution in [1.29, 1.82) is 0 Å². The zero-order valence-corrected chi connectivity index (χ0v) is 12.7. The third kappa shape index (κ3) is 3.51. The standard InChI is InChI=1S/C16H18N4O3/c1-10-4-2-5-11-15(10)20-14(19-11)9-18-16(22)17-8-12(21)13-6-3-7-23-13/h2-7,12,21H,8-9H2,1H3,(H,19,20)(H2,17,18,22). The average molecular weight is 314 g/mol. The van der Waals surface area contributed by atoms with Gasteiger partial charge in [0.1, 0.15) is 17.7 Å². The Balaban J connectivity index is 1.51. The minimum Gasteiger partial charge on any atom is -0.467 e. The van der Waals surface area contributed by atoms with Gasteiger partial charge in [-0.15, -0.1) is 0 Å². The highest BCUT2D eigenvalue weighted by Gasteiger charge is 2.12. The lowest BCUT2D eigenvalue weighted by atomic mass is 10.2. The van der Waals surface area contributed by atoms with E-state index in [1.54, 1.807) is 12.1 Å². The number of aromatic nitrogens is 2. The van der Waals surface area contributed by atoms with Crippen molar-refractivity contribution in [1.82, 2.24) is 20.6 Å². The van der Waals surface area contributed by atoms with Crippen LogP contribution >= 0.6 is 0 Å². The summed E-state index contributed by atoms with van der Waals surface area (Å²) in [6.45, 7) is 2.33. The number of urea groups is 1. The van der Waals surface area contributed by atoms with Gasteiger partial charge in [-0.2, -0.15) is 0 Å². The number of para-hydroxylation sites is 1. The number of amides is 2. The fraction of sp³-hybridized carbons (Fsp3) is 0.250. The minimum atomic E-state index is -0.871. The lowest BCUT2D eigenvalue weighted by Crippen LogP contribution is -2.37. The molecule has 3 aromatic rings. The maximum atomic E-state index is 11.8. The van der Waals surface area contributed by atoms with Crippen molar-refractivity contribution in [2.75, 3.05) is 6.54 Å². The zero-order valence-electron chi connectivity index (χ0n) is 12.7. The Labute approximate surface area is 132 Å². The van der Waals surface area contributed by atoms with Gasteiger partial charge in [-0.3, -0.25) is 0 Å². The summed E-state index contributed by atoms with van der Waals surface area (Å²) in [5, 5.41) is 15.1. The van der Waals surface area contributed by atoms with Gasteiger partial charge in [0, 0.05) is 0 Å². The van der Waals surface area contributed by atoms with Gasteiger partial charge in [0.05, 0.1) is 30.4 Å². The second-order valence-corrected chi connectivity index (χ2v) is 5.25. The van der Waals surface area contributed by atoms with Gasteiger partial charge in [-0.1, -0.05) is 12.1 Å². The predicted molar refractivity (Wildman–Crippen MR) is 84.7 cm³/mol. The number of furan rings is 1. The van der Waals surface area contributed by atoms with Crippen molar-refractivity contribution in [2.45, 2.75) is 19.6 Å². The molecule has 0 aliphatic carbocycles. The summed E-state index contributed by atoms with van der Waals surface area (Å²) in [4.78, 5) is 19.4. The average Bonchev–Trinajstić information content (AvgIpc) is 3.20. The smallest absolute Gasteiger partial charge is 0.315 e. The van der Waals surface area contributed by atoms with Crippen LogP contribution in [0.1, 0.15) is 23.3 Å². The number of carbonyl (C=O) groups is 1. The number of hydrogen-bond donors (Lipinski definition) is 4. The van der Waals surface area contributed by atoms with E-state index in [0.717, 1.165) is 16.6 Å². The molecule has 1 atom stereocenters. The number of nitrogens with zero attached hydrogens (tertiary/aromatic N) is 1. The van der Waals surface area contributed by atoms with E-state index in [4.69, 9.17) is 4.42 Å². The van der Waals surface area contributed by atoms with Crippen LogP contribution in [-0.4, -0.2) is 27.7 Å². The molecular formula is C16H18N4O3. The van der Waals surface area contributed by atoms with E-state index in [1.165, 1.54) is 6.26 Å². The number of nitrogens with one attached hydrogen (secondary N) is 3. The van der Waals surface area contributed by atoms with Gasteiger partial charge < -0.3 is 25.1 Å². The molecule has 120 valence electrons. The number of aromatic amines is 1. The number of fused-ring (bicyclic) bond motifs is 1. The monoisotopic (exact) mass is 314 g/mol. The van der Waals surface area contributed by atoms with E-state index < -0.39 is 6.10 Å². The van der Waals surface area contributed by atoms with Gasteiger partial charge in [0.2, 0.25) is 0 Å². The fourth-order valence-electron chi connectivity index (χ4n) is 2.31. The lowest BCUT2D eigenvalue weighted by Gasteiger charge is -2.10. The Morgan fingerprint density at radius 3 is 2.96 bits per heavy atom. The molecule has 3 rings (SSSR count). The Hall–Kier alpha value is -2.80. The molecule has 7 nitrogen and oxygen atoms in total. The van der Waals surface area contributed by atoms with Crippen molar-refractivity contribution in [3.8, 4) is 0 Å². The van der Waals surface area contributed by atoms with Gasteiger partial charge in [-0.05, 0) is 30.7 Å². The summed E-state index contributed by atoms with van der Waals surface area (Å²) in [5.74, 6) is 1.09. The van der Waals surface area contributed by atoms with Gasteiger partial charge in [0.15, 0.2) is 0 Å². The molecule has 7 heteroatoms. The van der Waals surface area contributed by atoms with Crippen molar-refractivity contribution in [3.63, 3.8) is 0 Å². The summed E-state index contributed by atoms with van der Waals surface area (Å²) in [6, 6.07) is 8.84. The van der Waals surface area contributed by atoms with Crippen LogP contribution in [0.15, 0.2) is 41.0 Å². The third-order valence-electron chi connectivity index (χ3n) is 3.51. The Morgan fingerprint density at radius 1 is 1.35 bits per heavy atom. The Morgan fingerprint density at radius 2 is 2.22 bits per heavy atom. The molecule has 0 saturated carbocycles. The topological polar surface area (TPSA) is 103 Å². The SMILES string of the molecule is Cc1cccc2[nH]c(CNC(=O)NCC(O)c3ccco3)nc12. The molecule has 0 spiro atoms. The molecule has 0 bridgehead atoms. The minimum absolute atomic E-state index is 0.0680. The first kappa shape index (κ1) is 15.1. The molecule has 23 heavy (non-hydrogen) atoms. The van der Waals surface area contributed by atoms with E-state index in [1.807, 2.05) is 25.1 Å². The number of aliphatic hydroxyl groups excluding tert-OH is 1. The summed E-state index contributed by atoms with van der Waals surface area (Å²) in [5.41, 5.74) is 2.92. The number of imidazole rings is 1. The Bertz CT molecular complexity index is 795. The number of rotatable bonds is 5. The quantitative estimate of drug-likeness (QED) is 0.578. The number of hydrogen-bond acceptors (Lipinski definition) is 4. The summed E-state index contributed by atoms with van der Waals surface area (Å²) < 4.78 is 5.07. The van der Waals surface area contributed by atoms with Crippen LogP contribution in [0.3, 0.4) is 0 Å². The van der Waals surface area contributed by atoms with E-state index in [-0.39, 0.29) is 19.1 Å². The van der Waals surface area contributed by atoms with Crippen molar-refractivity contribution in [3.05, 3.63) is 53.7 Å². The van der Waals surface area contributed by atoms with Crippen LogP contribution in [-0.2, 0) is 6.54 Å². The number of aliphatic hydroxyl groups is 1. The van der Waals surface area contributed by atoms with Crippen molar-refractivity contribution in [2.24, 2.45) is 0 Å². The summed E-state index contributed by atoms with van der Waals surface area (Å²) in [7, 11) is 0. The van der Waals surface area contributed by atoms with Crippen LogP contribution in [0.25, 0.3) is 11.0 Å². The second-order valence-electron chi connectivity index (χ2n) is 5.25. The molecular weight excluding hydrogens is 296 g/mol. The highest BCUT2D eigenvalue weighted by atomic mass is 16.4. The van der Waals surface area contributed by atoms with E-state index >= 15 is 0 Å². The van der Waals surface area contributed by atoms with Gasteiger partial charge >= 0.3 is 6.03 Å². The maximum absolute atomic E-state index is 11.8. The molecule has 0 aliphatic heterocycles. The van der Waals surface area contributed by atoms with Crippen LogP contribution < -0.4 is 10.6 Å². The molecule has 0 aliphatic rings. The van der Waals surface area contributed by atoms with Crippen LogP contribution in [0.4, 0.5) is 4.79 Å². The molecule has 2 amide bonds. The predicted octanol–water partition coefficient (Wildman–Crippen LogP) is 2.00. The number of aryl methyl sites for hydroxylation is 1. The molecule has 0 saturated heterocycles. The van der Waals surface area contributed by atoms with E-state index in [2.05, 4.69) is 20.6 Å². The Kier molecular flexibility index (Phi) is 4.29. The van der Waals surface area contributed by atoms with Crippen LogP contribution in [0, 0.1) is 6.92 Å². The lowest BCUT2D eigenvalue weighted by molar-refractivity contribution is 0.148. The van der Waals surface area contributed by atoms with Crippen LogP contribution in [0.2, 0.25) is 0 Å². The highest BCUT2D eigenvalue weighted by molar-refractivity contribution is 5.78. The van der Waals surface area contributed by atoms with Crippen molar-refractivity contribution < 1.29 is 14.3 Å². The number of carbonyl (C=O) groups excluding carboxylic acids is 1. The first-order chi connectivity index (χ1) is 11.1. The highest BCUT2D eigenvalue weighted by Crippen LogP contribution is 2.15. The number of benzene rings is 1. The largest absolute Gasteiger partial charge is 0.467 e. The van der Waals surface area contributed by atoms with Gasteiger partial charge in [0.25, 0.3) is 0 Å². The third-order valence-corrected chi connectivity index (χ3v) is 3.51. The van der Waals surface area contributed by atoms with E-state index in [0.29, 0.717) is 11.6 Å². The first-order valence-corrected chi connectivity index (χ1v) is 7.31. The molecule has 2 aromatic heterocycles. The second kappa shape index (κ2) is 6.53. The maximum Gasteiger partial charge on any atom is 0.315 e. The molecule has 1 aromatic carbocycles. The zero-order chi connectivity index (χ0) is 16.2. The number of H-pyrrole nitrogens is 1. The molecule has 1 unspecified atom stereocenters. The summed E-state index contributed by atoms with van der Waals surface area (Å²) >= 11 is 0. The first-order valence-electron chi connectivity index (χ1n) is 7.31.